The van der Waals surface area contributed by atoms with E-state index in [1.807, 2.05) is 0 Å². The quantitative estimate of drug-likeness (QED) is 0.804. The number of carbonyl (C=O) groups excluding carboxylic acids is 1. The van der Waals surface area contributed by atoms with Crippen molar-refractivity contribution in [1.29, 1.82) is 0 Å². The number of hydrogen-bond donors (Lipinski definition) is 2. The van der Waals surface area contributed by atoms with E-state index < -0.39 is 24.2 Å². The Hall–Kier alpha value is -2.22. The summed E-state index contributed by atoms with van der Waals surface area (Å²) in [5, 5.41) is 19.0. The van der Waals surface area contributed by atoms with Crippen LogP contribution in [0.4, 0.5) is 8.78 Å². The van der Waals surface area contributed by atoms with Gasteiger partial charge < -0.3 is 14.9 Å². The molecule has 0 spiro atoms. The molecule has 2 aromatic rings. The first-order valence-corrected chi connectivity index (χ1v) is 7.52. The molecule has 1 aromatic carbocycles. The summed E-state index contributed by atoms with van der Waals surface area (Å²) >= 11 is 1.21. The Morgan fingerprint density at radius 1 is 1.30 bits per heavy atom. The van der Waals surface area contributed by atoms with E-state index >= 15 is 0 Å². The van der Waals surface area contributed by atoms with Gasteiger partial charge in [0.2, 0.25) is 0 Å². The van der Waals surface area contributed by atoms with Gasteiger partial charge in [-0.1, -0.05) is 6.92 Å². The normalized spacial score (nSPS) is 12.5. The summed E-state index contributed by atoms with van der Waals surface area (Å²) in [5.41, 5.74) is 0. The predicted molar refractivity (Wildman–Crippen MR) is 80.2 cm³/mol. The van der Waals surface area contributed by atoms with Gasteiger partial charge in [0.1, 0.15) is 5.78 Å². The minimum Gasteiger partial charge on any atom is -0.504 e. The van der Waals surface area contributed by atoms with Gasteiger partial charge >= 0.3 is 12.6 Å². The smallest absolute Gasteiger partial charge is 0.387 e. The summed E-state index contributed by atoms with van der Waals surface area (Å²) in [4.78, 5) is 23.3. The highest BCUT2D eigenvalue weighted by atomic mass is 32.1. The number of phenols is 1. The molecule has 124 valence electrons. The lowest BCUT2D eigenvalue weighted by Gasteiger charge is -2.06. The molecule has 0 bridgehead atoms. The molecule has 0 saturated heterocycles. The topological polar surface area (TPSA) is 83.8 Å². The molecule has 0 aliphatic heterocycles. The third kappa shape index (κ3) is 4.38. The van der Waals surface area contributed by atoms with E-state index in [-0.39, 0.29) is 24.4 Å². The van der Waals surface area contributed by atoms with Crippen LogP contribution in [0.25, 0.3) is 10.1 Å². The molecular weight excluding hydrogens is 330 g/mol. The lowest BCUT2D eigenvalue weighted by Crippen LogP contribution is -2.15. The Morgan fingerprint density at radius 3 is 2.61 bits per heavy atom. The number of carbonyl (C=O) groups is 2. The number of aliphatic carboxylic acids is 1. The number of halogens is 2. The first-order valence-electron chi connectivity index (χ1n) is 6.71. The second kappa shape index (κ2) is 6.91. The largest absolute Gasteiger partial charge is 0.504 e. The van der Waals surface area contributed by atoms with E-state index in [0.717, 1.165) is 0 Å². The molecule has 1 aromatic heterocycles. The van der Waals surface area contributed by atoms with E-state index in [4.69, 9.17) is 5.11 Å². The number of carboxylic acids is 1. The van der Waals surface area contributed by atoms with Crippen LogP contribution in [0, 0.1) is 5.92 Å². The minimum atomic E-state index is -3.04. The van der Waals surface area contributed by atoms with Crippen LogP contribution in [0.15, 0.2) is 18.2 Å². The first-order chi connectivity index (χ1) is 10.8. The molecule has 8 heteroatoms. The highest BCUT2D eigenvalue weighted by Crippen LogP contribution is 2.36. The van der Waals surface area contributed by atoms with E-state index in [1.165, 1.54) is 30.4 Å². The molecule has 0 unspecified atom stereocenters. The first kappa shape index (κ1) is 17.1. The van der Waals surface area contributed by atoms with Gasteiger partial charge in [-0.3, -0.25) is 9.59 Å². The van der Waals surface area contributed by atoms with Crippen molar-refractivity contribution in [2.24, 2.45) is 5.92 Å². The molecule has 0 fully saturated rings. The Balaban J connectivity index is 2.17. The summed E-state index contributed by atoms with van der Waals surface area (Å²) in [6.07, 6.45) is -0.0165. The molecule has 1 atom stereocenters. The maximum absolute atomic E-state index is 12.2. The number of ketones is 1. The molecule has 2 N–H and O–H groups in total. The van der Waals surface area contributed by atoms with Crippen molar-refractivity contribution in [1.82, 2.24) is 0 Å². The summed E-state index contributed by atoms with van der Waals surface area (Å²) in [6, 6.07) is 4.24. The Kier molecular flexibility index (Phi) is 5.15. The third-order valence-electron chi connectivity index (χ3n) is 3.19. The van der Waals surface area contributed by atoms with Crippen LogP contribution in [0.3, 0.4) is 0 Å². The van der Waals surface area contributed by atoms with E-state index in [2.05, 4.69) is 4.74 Å². The standard InChI is InChI=1S/C15H14F2O5S/c1-7(14(20)21)2-9(18)5-10-3-8-4-11(19)12(22-15(16)17)6-13(8)23-10/h3-4,6-7,15,19H,2,5H2,1H3,(H,20,21)/t7-/m0/s1. The lowest BCUT2D eigenvalue weighted by atomic mass is 10.0. The summed E-state index contributed by atoms with van der Waals surface area (Å²) in [7, 11) is 0. The van der Waals surface area contributed by atoms with Gasteiger partial charge in [-0.05, 0) is 17.5 Å². The number of rotatable bonds is 7. The Labute approximate surface area is 134 Å². The van der Waals surface area contributed by atoms with Crippen LogP contribution < -0.4 is 4.74 Å². The molecule has 0 aliphatic rings. The number of phenolic OH excluding ortho intramolecular Hbond substituents is 1. The number of benzene rings is 1. The van der Waals surface area contributed by atoms with Crippen LogP contribution >= 0.6 is 11.3 Å². The van der Waals surface area contributed by atoms with Crippen LogP contribution in [-0.2, 0) is 16.0 Å². The maximum Gasteiger partial charge on any atom is 0.387 e. The van der Waals surface area contributed by atoms with Crippen molar-refractivity contribution < 1.29 is 33.3 Å². The van der Waals surface area contributed by atoms with Gasteiger partial charge in [-0.2, -0.15) is 8.78 Å². The minimum absolute atomic E-state index is 0.0583. The average Bonchev–Trinajstić information content (AvgIpc) is 2.79. The number of hydrogen-bond acceptors (Lipinski definition) is 5. The number of alkyl halides is 2. The highest BCUT2D eigenvalue weighted by molar-refractivity contribution is 7.19. The van der Waals surface area contributed by atoms with Crippen molar-refractivity contribution in [3.63, 3.8) is 0 Å². The van der Waals surface area contributed by atoms with E-state index in [9.17, 15) is 23.5 Å². The fourth-order valence-electron chi connectivity index (χ4n) is 2.08. The zero-order chi connectivity index (χ0) is 17.1. The van der Waals surface area contributed by atoms with Gasteiger partial charge in [0, 0.05) is 28.5 Å². The van der Waals surface area contributed by atoms with Gasteiger partial charge in [-0.25, -0.2) is 0 Å². The second-order valence-corrected chi connectivity index (χ2v) is 6.28. The lowest BCUT2D eigenvalue weighted by molar-refractivity contribution is -0.143. The fraction of sp³-hybridized carbons (Fsp3) is 0.333. The van der Waals surface area contributed by atoms with Crippen LogP contribution in [0.2, 0.25) is 0 Å². The maximum atomic E-state index is 12.2. The zero-order valence-corrected chi connectivity index (χ0v) is 12.9. The number of fused-ring (bicyclic) bond motifs is 1. The summed E-state index contributed by atoms with van der Waals surface area (Å²) in [5.74, 6) is -2.75. The molecule has 23 heavy (non-hydrogen) atoms. The van der Waals surface area contributed by atoms with Crippen LogP contribution in [-0.4, -0.2) is 28.6 Å². The molecule has 0 radical (unpaired) electrons. The number of thiophene rings is 1. The molecule has 0 saturated carbocycles. The van der Waals surface area contributed by atoms with E-state index in [1.54, 1.807) is 6.07 Å². The SMILES string of the molecule is C[C@@H](CC(=O)Cc1cc2cc(O)c(OC(F)F)cc2s1)C(=O)O. The average molecular weight is 344 g/mol. The predicted octanol–water partition coefficient (Wildman–Crippen LogP) is 3.43. The van der Waals surface area contributed by atoms with Crippen molar-refractivity contribution in [2.45, 2.75) is 26.4 Å². The van der Waals surface area contributed by atoms with Gasteiger partial charge in [0.25, 0.3) is 0 Å². The monoisotopic (exact) mass is 344 g/mol. The number of carboxylic acid groups (broad SMARTS) is 1. The Morgan fingerprint density at radius 2 is 2.00 bits per heavy atom. The van der Waals surface area contributed by atoms with Crippen molar-refractivity contribution in [2.75, 3.05) is 0 Å². The van der Waals surface area contributed by atoms with Gasteiger partial charge in [-0.15, -0.1) is 11.3 Å². The van der Waals surface area contributed by atoms with Gasteiger partial charge in [0.15, 0.2) is 11.5 Å². The molecule has 5 nitrogen and oxygen atoms in total. The fourth-order valence-corrected chi connectivity index (χ4v) is 3.19. The molecule has 1 heterocycles. The molecule has 0 amide bonds. The summed E-state index contributed by atoms with van der Waals surface area (Å²) < 4.78 is 29.3. The second-order valence-electron chi connectivity index (χ2n) is 5.11. The van der Waals surface area contributed by atoms with Crippen molar-refractivity contribution in [3.8, 4) is 11.5 Å². The highest BCUT2D eigenvalue weighted by Gasteiger charge is 2.18. The number of ether oxygens (including phenoxy) is 1. The molecular formula is C15H14F2O5S. The third-order valence-corrected chi connectivity index (χ3v) is 4.29. The van der Waals surface area contributed by atoms with Crippen LogP contribution in [0.5, 0.6) is 11.5 Å². The Bertz CT molecular complexity index is 741. The zero-order valence-electron chi connectivity index (χ0n) is 12.1. The van der Waals surface area contributed by atoms with E-state index in [0.29, 0.717) is 15.0 Å². The number of Topliss-reactive ketones (excluding diaryl/α,β-unsaturated/α-hetero) is 1. The van der Waals surface area contributed by atoms with Crippen molar-refractivity contribution in [3.05, 3.63) is 23.1 Å². The van der Waals surface area contributed by atoms with Gasteiger partial charge in [0.05, 0.1) is 5.92 Å². The summed E-state index contributed by atoms with van der Waals surface area (Å²) in [6.45, 7) is -1.59. The van der Waals surface area contributed by atoms with Crippen LogP contribution in [0.1, 0.15) is 18.2 Å². The van der Waals surface area contributed by atoms with Crippen molar-refractivity contribution >= 4 is 33.2 Å². The molecule has 2 rings (SSSR count). The molecule has 0 aliphatic carbocycles. The number of aromatic hydroxyl groups is 1.